The number of hydrogen-bond acceptors (Lipinski definition) is 5. The fraction of sp³-hybridized carbons (Fsp3) is 0.471. The molecule has 136 valence electrons. The van der Waals surface area contributed by atoms with Crippen LogP contribution in [-0.4, -0.2) is 38.7 Å². The first kappa shape index (κ1) is 17.8. The van der Waals surface area contributed by atoms with Crippen LogP contribution in [0.4, 0.5) is 0 Å². The summed E-state index contributed by atoms with van der Waals surface area (Å²) in [5.41, 5.74) is 1.04. The van der Waals surface area contributed by atoms with E-state index >= 15 is 0 Å². The second kappa shape index (κ2) is 7.05. The molecule has 1 heterocycles. The van der Waals surface area contributed by atoms with E-state index < -0.39 is 10.0 Å². The minimum atomic E-state index is -3.71. The summed E-state index contributed by atoms with van der Waals surface area (Å²) in [5.74, 6) is 2.31. The zero-order valence-corrected chi connectivity index (χ0v) is 15.5. The van der Waals surface area contributed by atoms with Crippen molar-refractivity contribution in [2.45, 2.75) is 37.1 Å². The van der Waals surface area contributed by atoms with Crippen LogP contribution in [0.1, 0.15) is 30.3 Å². The van der Waals surface area contributed by atoms with Crippen molar-refractivity contribution < 1.29 is 17.9 Å². The molecule has 1 N–H and O–H groups in total. The van der Waals surface area contributed by atoms with Crippen molar-refractivity contribution in [1.29, 1.82) is 0 Å². The van der Waals surface area contributed by atoms with Gasteiger partial charge in [-0.3, -0.25) is 0 Å². The van der Waals surface area contributed by atoms with Crippen molar-refractivity contribution in [3.63, 3.8) is 0 Å². The van der Waals surface area contributed by atoms with Gasteiger partial charge in [-0.05, 0) is 31.9 Å². The van der Waals surface area contributed by atoms with Crippen LogP contribution in [0.3, 0.4) is 0 Å². The summed E-state index contributed by atoms with van der Waals surface area (Å²) in [6, 6.07) is 4.70. The van der Waals surface area contributed by atoms with Crippen LogP contribution in [0.5, 0.6) is 11.5 Å². The summed E-state index contributed by atoms with van der Waals surface area (Å²) < 4.78 is 40.3. The predicted octanol–water partition coefficient (Wildman–Crippen LogP) is 2.06. The molecule has 0 radical (unpaired) electrons. The fourth-order valence-corrected chi connectivity index (χ4v) is 4.00. The molecule has 0 saturated heterocycles. The molecular weight excluding hydrogens is 342 g/mol. The molecule has 1 aliphatic rings. The Morgan fingerprint density at radius 3 is 2.68 bits per heavy atom. The first-order valence-corrected chi connectivity index (χ1v) is 9.68. The molecule has 1 fully saturated rings. The van der Waals surface area contributed by atoms with E-state index in [-0.39, 0.29) is 17.2 Å². The highest BCUT2D eigenvalue weighted by Gasteiger charge is 2.28. The normalized spacial score (nSPS) is 14.5. The molecule has 25 heavy (non-hydrogen) atoms. The van der Waals surface area contributed by atoms with Gasteiger partial charge >= 0.3 is 0 Å². The minimum absolute atomic E-state index is 0.0686. The number of aryl methyl sites for hydroxylation is 1. The number of benzene rings is 1. The zero-order chi connectivity index (χ0) is 18.0. The molecule has 1 aliphatic carbocycles. The van der Waals surface area contributed by atoms with E-state index in [1.54, 1.807) is 12.1 Å². The molecule has 1 aromatic heterocycles. The van der Waals surface area contributed by atoms with Gasteiger partial charge in [-0.1, -0.05) is 0 Å². The number of rotatable bonds is 8. The predicted molar refractivity (Wildman–Crippen MR) is 93.7 cm³/mol. The summed E-state index contributed by atoms with van der Waals surface area (Å²) in [6.07, 6.45) is 4.15. The monoisotopic (exact) mass is 365 g/mol. The van der Waals surface area contributed by atoms with Crippen molar-refractivity contribution >= 4 is 10.0 Å². The van der Waals surface area contributed by atoms with Crippen molar-refractivity contribution in [3.8, 4) is 11.5 Å². The average molecular weight is 365 g/mol. The van der Waals surface area contributed by atoms with Crippen LogP contribution in [0.2, 0.25) is 0 Å². The van der Waals surface area contributed by atoms with E-state index in [9.17, 15) is 8.42 Å². The first-order chi connectivity index (χ1) is 12.0. The molecular formula is C17H23N3O4S. The van der Waals surface area contributed by atoms with Crippen molar-refractivity contribution in [1.82, 2.24) is 14.3 Å². The van der Waals surface area contributed by atoms with E-state index in [0.717, 1.165) is 24.4 Å². The molecule has 0 aliphatic heterocycles. The van der Waals surface area contributed by atoms with E-state index in [0.29, 0.717) is 18.2 Å². The van der Waals surface area contributed by atoms with Gasteiger partial charge in [-0.25, -0.2) is 18.1 Å². The smallest absolute Gasteiger partial charge is 0.244 e. The molecule has 0 unspecified atom stereocenters. The second-order valence-corrected chi connectivity index (χ2v) is 7.83. The molecule has 3 rings (SSSR count). The van der Waals surface area contributed by atoms with Gasteiger partial charge < -0.3 is 14.0 Å². The van der Waals surface area contributed by atoms with Gasteiger partial charge in [0.05, 0.1) is 14.2 Å². The largest absolute Gasteiger partial charge is 0.497 e. The lowest BCUT2D eigenvalue weighted by Gasteiger charge is -2.13. The standard InChI is InChI=1S/C17H23N3O4S/c1-12-11-18-17(13-4-5-13)20(12)9-8-19-25(21,22)16-10-14(23-2)6-7-15(16)24-3/h6-7,10-11,13,19H,4-5,8-9H2,1-3H3. The highest BCUT2D eigenvalue weighted by atomic mass is 32.2. The van der Waals surface area contributed by atoms with Crippen LogP contribution < -0.4 is 14.2 Å². The molecule has 7 nitrogen and oxygen atoms in total. The Labute approximate surface area is 148 Å². The molecule has 0 amide bonds. The third-order valence-electron chi connectivity index (χ3n) is 4.32. The fourth-order valence-electron chi connectivity index (χ4n) is 2.80. The highest BCUT2D eigenvalue weighted by Crippen LogP contribution is 2.39. The number of sulfonamides is 1. The molecule has 1 aromatic carbocycles. The minimum Gasteiger partial charge on any atom is -0.497 e. The Bertz CT molecular complexity index is 857. The third kappa shape index (κ3) is 3.80. The van der Waals surface area contributed by atoms with E-state index in [1.807, 2.05) is 13.1 Å². The molecule has 8 heteroatoms. The second-order valence-electron chi connectivity index (χ2n) is 6.10. The number of hydrogen-bond donors (Lipinski definition) is 1. The summed E-state index contributed by atoms with van der Waals surface area (Å²) in [7, 11) is -0.773. The number of methoxy groups -OCH3 is 2. The SMILES string of the molecule is COc1ccc(OC)c(S(=O)(=O)NCCn2c(C)cnc2C2CC2)c1. The van der Waals surface area contributed by atoms with Gasteiger partial charge in [0, 0.05) is 37.0 Å². The van der Waals surface area contributed by atoms with Gasteiger partial charge in [-0.2, -0.15) is 0 Å². The number of aromatic nitrogens is 2. The van der Waals surface area contributed by atoms with Crippen LogP contribution in [0, 0.1) is 6.92 Å². The maximum absolute atomic E-state index is 12.7. The molecule has 0 atom stereocenters. The molecule has 0 spiro atoms. The quantitative estimate of drug-likeness (QED) is 0.774. The van der Waals surface area contributed by atoms with Gasteiger partial charge in [-0.15, -0.1) is 0 Å². The number of nitrogens with one attached hydrogen (secondary N) is 1. The maximum atomic E-state index is 12.7. The topological polar surface area (TPSA) is 82.5 Å². The molecule has 2 aromatic rings. The Balaban J connectivity index is 1.73. The number of nitrogens with zero attached hydrogens (tertiary/aromatic N) is 2. The maximum Gasteiger partial charge on any atom is 0.244 e. The Morgan fingerprint density at radius 2 is 2.04 bits per heavy atom. The van der Waals surface area contributed by atoms with E-state index in [4.69, 9.17) is 9.47 Å². The van der Waals surface area contributed by atoms with Gasteiger partial charge in [0.15, 0.2) is 0 Å². The summed E-state index contributed by atoms with van der Waals surface area (Å²) in [4.78, 5) is 4.52. The van der Waals surface area contributed by atoms with Crippen LogP contribution >= 0.6 is 0 Å². The van der Waals surface area contributed by atoms with E-state index in [1.165, 1.54) is 20.3 Å². The van der Waals surface area contributed by atoms with Gasteiger partial charge in [0.25, 0.3) is 0 Å². The summed E-state index contributed by atoms with van der Waals surface area (Å²) in [6.45, 7) is 2.81. The van der Waals surface area contributed by atoms with Gasteiger partial charge in [0.2, 0.25) is 10.0 Å². The first-order valence-electron chi connectivity index (χ1n) is 8.20. The lowest BCUT2D eigenvalue weighted by atomic mass is 10.3. The van der Waals surface area contributed by atoms with Crippen molar-refractivity contribution in [2.24, 2.45) is 0 Å². The lowest BCUT2D eigenvalue weighted by Crippen LogP contribution is -2.28. The summed E-state index contributed by atoms with van der Waals surface area (Å²) in [5, 5.41) is 0. The van der Waals surface area contributed by atoms with Crippen LogP contribution in [0.25, 0.3) is 0 Å². The lowest BCUT2D eigenvalue weighted by molar-refractivity contribution is 0.392. The van der Waals surface area contributed by atoms with E-state index in [2.05, 4.69) is 14.3 Å². The Hall–Kier alpha value is -2.06. The van der Waals surface area contributed by atoms with Crippen LogP contribution in [0.15, 0.2) is 29.3 Å². The van der Waals surface area contributed by atoms with Crippen molar-refractivity contribution in [3.05, 3.63) is 35.9 Å². The molecule has 0 bridgehead atoms. The Kier molecular flexibility index (Phi) is 5.01. The summed E-state index contributed by atoms with van der Waals surface area (Å²) >= 11 is 0. The Morgan fingerprint density at radius 1 is 1.28 bits per heavy atom. The average Bonchev–Trinajstić information content (AvgIpc) is 3.38. The number of imidazole rings is 1. The third-order valence-corrected chi connectivity index (χ3v) is 5.80. The molecule has 1 saturated carbocycles. The highest BCUT2D eigenvalue weighted by molar-refractivity contribution is 7.89. The van der Waals surface area contributed by atoms with Crippen LogP contribution in [-0.2, 0) is 16.6 Å². The van der Waals surface area contributed by atoms with Crippen molar-refractivity contribution in [2.75, 3.05) is 20.8 Å². The zero-order valence-electron chi connectivity index (χ0n) is 14.7. The van der Waals surface area contributed by atoms with Gasteiger partial charge in [0.1, 0.15) is 22.2 Å². The number of ether oxygens (including phenoxy) is 2.